The molecule has 13 heteroatoms. The molecule has 0 spiro atoms. The normalized spacial score (nSPS) is 15.3. The van der Waals surface area contributed by atoms with Gasteiger partial charge < -0.3 is 9.80 Å². The molecule has 10 nitrogen and oxygen atoms in total. The fourth-order valence-corrected chi connectivity index (χ4v) is 3.27. The van der Waals surface area contributed by atoms with Crippen LogP contribution in [0.5, 0.6) is 0 Å². The number of hydrogen-bond donors (Lipinski definition) is 0. The summed E-state index contributed by atoms with van der Waals surface area (Å²) in [6.07, 6.45) is -4.62. The maximum atomic E-state index is 13.1. The second-order valence-corrected chi connectivity index (χ2v) is 6.86. The van der Waals surface area contributed by atoms with Gasteiger partial charge in [0.1, 0.15) is 11.6 Å². The molecule has 0 N–H and O–H groups in total. The van der Waals surface area contributed by atoms with Crippen molar-refractivity contribution in [1.29, 1.82) is 0 Å². The summed E-state index contributed by atoms with van der Waals surface area (Å²) in [4.78, 5) is 3.91. The summed E-state index contributed by atoms with van der Waals surface area (Å²) in [5.41, 5.74) is 0.721. The minimum Gasteiger partial charge on any atom is -0.352 e. The number of aromatic nitrogens is 8. The molecule has 5 rings (SSSR count). The van der Waals surface area contributed by atoms with Crippen LogP contribution in [-0.2, 0) is 6.18 Å². The van der Waals surface area contributed by atoms with Crippen molar-refractivity contribution in [2.45, 2.75) is 19.1 Å². The van der Waals surface area contributed by atoms with E-state index >= 15 is 0 Å². The van der Waals surface area contributed by atoms with Crippen molar-refractivity contribution in [2.24, 2.45) is 0 Å². The van der Waals surface area contributed by atoms with E-state index in [1.807, 2.05) is 24.0 Å². The van der Waals surface area contributed by atoms with Gasteiger partial charge in [-0.1, -0.05) is 0 Å². The maximum Gasteiger partial charge on any atom is 0.453 e. The molecular formula is C16H15F3N10. The quantitative estimate of drug-likeness (QED) is 0.503. The van der Waals surface area contributed by atoms with Crippen molar-refractivity contribution < 1.29 is 13.2 Å². The van der Waals surface area contributed by atoms with Gasteiger partial charge in [-0.3, -0.25) is 0 Å². The van der Waals surface area contributed by atoms with Gasteiger partial charge in [-0.2, -0.15) is 22.2 Å². The zero-order chi connectivity index (χ0) is 20.3. The third kappa shape index (κ3) is 2.80. The Labute approximate surface area is 161 Å². The van der Waals surface area contributed by atoms with Gasteiger partial charge in [0.05, 0.1) is 6.04 Å². The summed E-state index contributed by atoms with van der Waals surface area (Å²) in [7, 11) is 1.80. The van der Waals surface area contributed by atoms with Gasteiger partial charge in [0.25, 0.3) is 5.82 Å². The highest BCUT2D eigenvalue weighted by molar-refractivity contribution is 5.52. The Morgan fingerprint density at radius 1 is 0.931 bits per heavy atom. The van der Waals surface area contributed by atoms with Crippen LogP contribution >= 0.6 is 0 Å². The molecule has 5 heterocycles. The molecule has 0 amide bonds. The standard InChI is InChI=1S/C16H15F3N10/c1-9-20-21-11-4-6-14(25-28(9)11)27-7-10(8-27)26(2)13-5-3-12-22-23-15(16(17,18)19)29(12)24-13/h3-6,10H,7-8H2,1-2H3. The average Bonchev–Trinajstić information content (AvgIpc) is 3.23. The summed E-state index contributed by atoms with van der Waals surface area (Å²) >= 11 is 0. The fourth-order valence-electron chi connectivity index (χ4n) is 3.27. The van der Waals surface area contributed by atoms with Crippen LogP contribution in [0.2, 0.25) is 0 Å². The Morgan fingerprint density at radius 2 is 1.62 bits per heavy atom. The lowest BCUT2D eigenvalue weighted by Gasteiger charge is -2.44. The molecule has 1 aliphatic rings. The summed E-state index contributed by atoms with van der Waals surface area (Å²) in [6, 6.07) is 6.90. The molecule has 1 aliphatic heterocycles. The zero-order valence-electron chi connectivity index (χ0n) is 15.4. The van der Waals surface area contributed by atoms with E-state index < -0.39 is 12.0 Å². The number of halogens is 3. The first-order chi connectivity index (χ1) is 13.8. The molecule has 4 aromatic rings. The molecule has 150 valence electrons. The number of aryl methyl sites for hydroxylation is 1. The predicted octanol–water partition coefficient (Wildman–Crippen LogP) is 1.21. The van der Waals surface area contributed by atoms with Crippen LogP contribution in [0, 0.1) is 6.92 Å². The van der Waals surface area contributed by atoms with E-state index in [1.54, 1.807) is 17.6 Å². The first-order valence-corrected chi connectivity index (χ1v) is 8.78. The lowest BCUT2D eigenvalue weighted by molar-refractivity contribution is -0.146. The first kappa shape index (κ1) is 17.6. The summed E-state index contributed by atoms with van der Waals surface area (Å²) in [5, 5.41) is 23.4. The molecule has 1 saturated heterocycles. The van der Waals surface area contributed by atoms with Crippen LogP contribution in [0.4, 0.5) is 24.8 Å². The van der Waals surface area contributed by atoms with Crippen molar-refractivity contribution in [1.82, 2.24) is 39.6 Å². The third-order valence-electron chi connectivity index (χ3n) is 5.00. The van der Waals surface area contributed by atoms with Gasteiger partial charge in [0, 0.05) is 20.1 Å². The molecule has 0 radical (unpaired) electrons. The van der Waals surface area contributed by atoms with Gasteiger partial charge >= 0.3 is 6.18 Å². The van der Waals surface area contributed by atoms with Gasteiger partial charge in [0.15, 0.2) is 17.1 Å². The fraction of sp³-hybridized carbons (Fsp3) is 0.375. The molecule has 0 bridgehead atoms. The Balaban J connectivity index is 1.35. The second kappa shape index (κ2) is 5.99. The Morgan fingerprint density at radius 3 is 2.38 bits per heavy atom. The van der Waals surface area contributed by atoms with Crippen molar-refractivity contribution in [2.75, 3.05) is 29.9 Å². The van der Waals surface area contributed by atoms with Crippen LogP contribution in [0.25, 0.3) is 11.3 Å². The number of hydrogen-bond acceptors (Lipinski definition) is 8. The van der Waals surface area contributed by atoms with E-state index in [0.29, 0.717) is 30.4 Å². The largest absolute Gasteiger partial charge is 0.453 e. The van der Waals surface area contributed by atoms with Crippen LogP contribution in [-0.4, -0.2) is 65.8 Å². The molecule has 0 aromatic carbocycles. The molecule has 1 fully saturated rings. The van der Waals surface area contributed by atoms with E-state index in [2.05, 4.69) is 35.5 Å². The highest BCUT2D eigenvalue weighted by Crippen LogP contribution is 2.29. The average molecular weight is 404 g/mol. The number of alkyl halides is 3. The molecular weight excluding hydrogens is 389 g/mol. The van der Waals surface area contributed by atoms with Crippen molar-refractivity contribution >= 4 is 22.9 Å². The SMILES string of the molecule is Cc1nnc2ccc(N3CC(N(C)c4ccc5nnc(C(F)(F)F)n5n4)C3)nn12. The minimum atomic E-state index is -4.62. The summed E-state index contributed by atoms with van der Waals surface area (Å²) in [6.45, 7) is 3.14. The highest BCUT2D eigenvalue weighted by atomic mass is 19.4. The number of rotatable bonds is 3. The van der Waals surface area contributed by atoms with E-state index in [4.69, 9.17) is 0 Å². The number of anilines is 2. The summed E-state index contributed by atoms with van der Waals surface area (Å²) < 4.78 is 41.6. The lowest BCUT2D eigenvalue weighted by Crippen LogP contribution is -2.59. The van der Waals surface area contributed by atoms with Gasteiger partial charge in [-0.25, -0.2) is 0 Å². The molecule has 0 atom stereocenters. The van der Waals surface area contributed by atoms with E-state index in [0.717, 1.165) is 10.3 Å². The number of nitrogens with zero attached hydrogens (tertiary/aromatic N) is 10. The third-order valence-corrected chi connectivity index (χ3v) is 5.00. The van der Waals surface area contributed by atoms with Crippen molar-refractivity contribution in [3.63, 3.8) is 0 Å². The molecule has 29 heavy (non-hydrogen) atoms. The van der Waals surface area contributed by atoms with Gasteiger partial charge in [-0.05, 0) is 31.2 Å². The van der Waals surface area contributed by atoms with E-state index in [1.165, 1.54) is 6.07 Å². The van der Waals surface area contributed by atoms with Crippen molar-refractivity contribution in [3.05, 3.63) is 35.9 Å². The monoisotopic (exact) mass is 404 g/mol. The first-order valence-electron chi connectivity index (χ1n) is 8.78. The topological polar surface area (TPSA) is 92.6 Å². The maximum absolute atomic E-state index is 13.1. The van der Waals surface area contributed by atoms with E-state index in [9.17, 15) is 13.2 Å². The lowest BCUT2D eigenvalue weighted by atomic mass is 10.1. The second-order valence-electron chi connectivity index (χ2n) is 6.86. The molecule has 0 unspecified atom stereocenters. The van der Waals surface area contributed by atoms with Crippen molar-refractivity contribution in [3.8, 4) is 0 Å². The number of likely N-dealkylation sites (N-methyl/N-ethyl adjacent to an activating group) is 1. The Bertz CT molecular complexity index is 1210. The zero-order valence-corrected chi connectivity index (χ0v) is 15.4. The van der Waals surface area contributed by atoms with Crippen LogP contribution < -0.4 is 9.80 Å². The van der Waals surface area contributed by atoms with Gasteiger partial charge in [-0.15, -0.1) is 30.6 Å². The highest BCUT2D eigenvalue weighted by Gasteiger charge is 2.38. The Kier molecular flexibility index (Phi) is 3.63. The predicted molar refractivity (Wildman–Crippen MR) is 95.7 cm³/mol. The van der Waals surface area contributed by atoms with Crippen LogP contribution in [0.1, 0.15) is 11.6 Å². The molecule has 0 aliphatic carbocycles. The Hall–Kier alpha value is -3.51. The van der Waals surface area contributed by atoms with Crippen LogP contribution in [0.3, 0.4) is 0 Å². The van der Waals surface area contributed by atoms with E-state index in [-0.39, 0.29) is 11.7 Å². The van der Waals surface area contributed by atoms with Crippen LogP contribution in [0.15, 0.2) is 24.3 Å². The smallest absolute Gasteiger partial charge is 0.352 e. The van der Waals surface area contributed by atoms with Gasteiger partial charge in [0.2, 0.25) is 0 Å². The molecule has 4 aromatic heterocycles. The molecule has 0 saturated carbocycles. The summed E-state index contributed by atoms with van der Waals surface area (Å²) in [5.74, 6) is 0.750. The minimum absolute atomic E-state index is 0.0477. The number of fused-ring (bicyclic) bond motifs is 2.